The van der Waals surface area contributed by atoms with Gasteiger partial charge in [0.25, 0.3) is 0 Å². The Morgan fingerprint density at radius 3 is 2.84 bits per heavy atom. The molecule has 2 unspecified atom stereocenters. The molecule has 1 aliphatic rings. The molecule has 0 spiro atoms. The first-order chi connectivity index (χ1) is 9.06. The molecule has 0 saturated carbocycles. The van der Waals surface area contributed by atoms with Gasteiger partial charge in [-0.3, -0.25) is 0 Å². The van der Waals surface area contributed by atoms with Gasteiger partial charge in [0.1, 0.15) is 0 Å². The Labute approximate surface area is 127 Å². The molecule has 19 heavy (non-hydrogen) atoms. The Morgan fingerprint density at radius 2 is 2.26 bits per heavy atom. The molecule has 1 saturated heterocycles. The molecular weight excluding hydrogens is 346 g/mol. The molecule has 3 nitrogen and oxygen atoms in total. The summed E-state index contributed by atoms with van der Waals surface area (Å²) in [6.45, 7) is 2.95. The van der Waals surface area contributed by atoms with Crippen molar-refractivity contribution in [1.29, 1.82) is 0 Å². The fourth-order valence-corrected chi connectivity index (χ4v) is 6.28. The third-order valence-corrected chi connectivity index (χ3v) is 7.63. The summed E-state index contributed by atoms with van der Waals surface area (Å²) in [6.07, 6.45) is 3.59. The zero-order valence-corrected chi connectivity index (χ0v) is 14.3. The van der Waals surface area contributed by atoms with Crippen LogP contribution in [0.15, 0.2) is 15.2 Å². The van der Waals surface area contributed by atoms with E-state index in [-0.39, 0.29) is 11.3 Å². The summed E-state index contributed by atoms with van der Waals surface area (Å²) in [7, 11) is -2.97. The molecule has 0 amide bonds. The fourth-order valence-electron chi connectivity index (χ4n) is 2.61. The van der Waals surface area contributed by atoms with Crippen LogP contribution in [0.25, 0.3) is 0 Å². The maximum absolute atomic E-state index is 12.3. The number of sulfone groups is 1. The van der Waals surface area contributed by atoms with Crippen molar-refractivity contribution in [1.82, 2.24) is 5.32 Å². The van der Waals surface area contributed by atoms with Crippen LogP contribution in [0.2, 0.25) is 0 Å². The maximum Gasteiger partial charge on any atom is 0.155 e. The van der Waals surface area contributed by atoms with E-state index in [0.29, 0.717) is 5.75 Å². The van der Waals surface area contributed by atoms with Crippen LogP contribution in [0, 0.1) is 0 Å². The van der Waals surface area contributed by atoms with E-state index in [2.05, 4.69) is 33.6 Å². The predicted molar refractivity (Wildman–Crippen MR) is 84.5 cm³/mol. The molecule has 1 fully saturated rings. The molecular formula is C13H20BrNO2S2. The molecule has 2 atom stereocenters. The van der Waals surface area contributed by atoms with E-state index < -0.39 is 9.84 Å². The fraction of sp³-hybridized carbons (Fsp3) is 0.692. The van der Waals surface area contributed by atoms with Crippen LogP contribution in [0.3, 0.4) is 0 Å². The van der Waals surface area contributed by atoms with Crippen molar-refractivity contribution in [3.63, 3.8) is 0 Å². The largest absolute Gasteiger partial charge is 0.309 e. The predicted octanol–water partition coefficient (Wildman–Crippen LogP) is 3.52. The van der Waals surface area contributed by atoms with Gasteiger partial charge in [-0.1, -0.05) is 13.3 Å². The molecule has 1 aliphatic heterocycles. The summed E-state index contributed by atoms with van der Waals surface area (Å²) in [5.41, 5.74) is 1.09. The van der Waals surface area contributed by atoms with Crippen LogP contribution in [0.4, 0.5) is 0 Å². The smallest absolute Gasteiger partial charge is 0.155 e. The zero-order valence-electron chi connectivity index (χ0n) is 11.1. The van der Waals surface area contributed by atoms with Gasteiger partial charge >= 0.3 is 0 Å². The first-order valence-corrected chi connectivity index (χ1v) is 10.2. The Morgan fingerprint density at radius 1 is 1.47 bits per heavy atom. The van der Waals surface area contributed by atoms with Gasteiger partial charge in [-0.25, -0.2) is 8.42 Å². The second-order valence-corrected chi connectivity index (χ2v) is 8.95. The van der Waals surface area contributed by atoms with E-state index in [0.717, 1.165) is 42.3 Å². The van der Waals surface area contributed by atoms with Crippen molar-refractivity contribution in [3.05, 3.63) is 20.8 Å². The third kappa shape index (κ3) is 3.60. The number of halogens is 1. The van der Waals surface area contributed by atoms with Gasteiger partial charge in [-0.2, -0.15) is 11.3 Å². The van der Waals surface area contributed by atoms with Gasteiger partial charge in [0.2, 0.25) is 0 Å². The van der Waals surface area contributed by atoms with E-state index in [1.54, 1.807) is 11.3 Å². The molecule has 1 aromatic heterocycles. The van der Waals surface area contributed by atoms with E-state index in [4.69, 9.17) is 0 Å². The van der Waals surface area contributed by atoms with Gasteiger partial charge in [0.15, 0.2) is 9.84 Å². The molecule has 0 aliphatic carbocycles. The van der Waals surface area contributed by atoms with Gasteiger partial charge < -0.3 is 5.32 Å². The Bertz CT molecular complexity index is 512. The normalized spacial score (nSPS) is 24.2. The maximum atomic E-state index is 12.3. The summed E-state index contributed by atoms with van der Waals surface area (Å²) in [4.78, 5) is 0. The summed E-state index contributed by atoms with van der Waals surface area (Å²) >= 11 is 5.15. The average molecular weight is 366 g/mol. The summed E-state index contributed by atoms with van der Waals surface area (Å²) in [5.74, 6) is 0.337. The zero-order chi connectivity index (χ0) is 13.9. The lowest BCUT2D eigenvalue weighted by atomic mass is 10.0. The lowest BCUT2D eigenvalue weighted by molar-refractivity contribution is 0.446. The highest BCUT2D eigenvalue weighted by atomic mass is 79.9. The van der Waals surface area contributed by atoms with Crippen LogP contribution < -0.4 is 5.32 Å². The average Bonchev–Trinajstić information content (AvgIpc) is 2.78. The lowest BCUT2D eigenvalue weighted by Crippen LogP contribution is -2.40. The van der Waals surface area contributed by atoms with Crippen LogP contribution in [-0.2, 0) is 9.84 Å². The van der Waals surface area contributed by atoms with Crippen molar-refractivity contribution in [2.75, 3.05) is 12.3 Å². The summed E-state index contributed by atoms with van der Waals surface area (Å²) in [5, 5.41) is 7.23. The molecule has 108 valence electrons. The van der Waals surface area contributed by atoms with E-state index in [9.17, 15) is 8.42 Å². The monoisotopic (exact) mass is 365 g/mol. The Hall–Kier alpha value is 0.0900. The highest BCUT2D eigenvalue weighted by Gasteiger charge is 2.36. The minimum absolute atomic E-state index is 0.0779. The van der Waals surface area contributed by atoms with Crippen molar-refractivity contribution in [2.45, 2.75) is 43.9 Å². The third-order valence-electron chi connectivity index (χ3n) is 3.59. The second-order valence-electron chi connectivity index (χ2n) is 5.01. The Kier molecular flexibility index (Phi) is 5.45. The molecule has 2 rings (SSSR count). The standard InChI is InChI=1S/C13H20BrNO2S2/c1-2-6-15-13(10-8-18-9-11(10)14)12-5-3-4-7-19(12,16)17/h8-9,12-13,15H,2-7H2,1H3. The minimum Gasteiger partial charge on any atom is -0.309 e. The molecule has 6 heteroatoms. The number of hydrogen-bond donors (Lipinski definition) is 1. The molecule has 0 aromatic carbocycles. The van der Waals surface area contributed by atoms with Crippen molar-refractivity contribution in [2.24, 2.45) is 0 Å². The van der Waals surface area contributed by atoms with E-state index >= 15 is 0 Å². The topological polar surface area (TPSA) is 46.2 Å². The van der Waals surface area contributed by atoms with Crippen LogP contribution in [-0.4, -0.2) is 26.0 Å². The Balaban J connectivity index is 2.29. The summed E-state index contributed by atoms with van der Waals surface area (Å²) in [6, 6.07) is -0.0779. The highest BCUT2D eigenvalue weighted by Crippen LogP contribution is 2.35. The number of thiophene rings is 1. The lowest BCUT2D eigenvalue weighted by Gasteiger charge is -2.31. The van der Waals surface area contributed by atoms with Crippen LogP contribution in [0.1, 0.15) is 44.2 Å². The van der Waals surface area contributed by atoms with Crippen LogP contribution in [0.5, 0.6) is 0 Å². The van der Waals surface area contributed by atoms with Gasteiger partial charge in [0.05, 0.1) is 17.0 Å². The van der Waals surface area contributed by atoms with Crippen molar-refractivity contribution in [3.8, 4) is 0 Å². The van der Waals surface area contributed by atoms with Crippen molar-refractivity contribution < 1.29 is 8.42 Å². The molecule has 2 heterocycles. The highest BCUT2D eigenvalue weighted by molar-refractivity contribution is 9.10. The minimum atomic E-state index is -2.97. The van der Waals surface area contributed by atoms with Gasteiger partial charge in [-0.05, 0) is 52.7 Å². The second kappa shape index (κ2) is 6.70. The first-order valence-electron chi connectivity index (χ1n) is 6.73. The van der Waals surface area contributed by atoms with E-state index in [1.165, 1.54) is 0 Å². The molecule has 0 radical (unpaired) electrons. The van der Waals surface area contributed by atoms with Gasteiger partial charge in [-0.15, -0.1) is 0 Å². The number of nitrogens with one attached hydrogen (secondary N) is 1. The quantitative estimate of drug-likeness (QED) is 0.867. The van der Waals surface area contributed by atoms with Crippen LogP contribution >= 0.6 is 27.3 Å². The first kappa shape index (κ1) is 15.5. The van der Waals surface area contributed by atoms with Gasteiger partial charge in [0, 0.05) is 9.85 Å². The van der Waals surface area contributed by atoms with E-state index in [1.807, 2.05) is 5.38 Å². The number of hydrogen-bond acceptors (Lipinski definition) is 4. The number of rotatable bonds is 5. The summed E-state index contributed by atoms with van der Waals surface area (Å²) < 4.78 is 25.7. The molecule has 1 aromatic rings. The SMILES string of the molecule is CCCNC(c1cscc1Br)C1CCCCS1(=O)=O. The molecule has 1 N–H and O–H groups in total. The molecule has 0 bridgehead atoms. The van der Waals surface area contributed by atoms with Crippen molar-refractivity contribution >= 4 is 37.1 Å².